The third-order valence-corrected chi connectivity index (χ3v) is 5.34. The van der Waals surface area contributed by atoms with Crippen molar-refractivity contribution in [1.29, 1.82) is 0 Å². The van der Waals surface area contributed by atoms with Gasteiger partial charge in [0, 0.05) is 11.3 Å². The van der Waals surface area contributed by atoms with E-state index < -0.39 is 23.1 Å². The standard InChI is InChI=1S/C24H19F3N2O3/c1-14(15-5-7-17(25)8-6-15)29-12-16-11-18(9-10-21(16)32-13-22(29)30)28-24(31)23-19(26)3-2-4-20(23)27/h2-11,14H,12-13H2,1H3,(H,28,31)/t14-/m0/s1. The van der Waals surface area contributed by atoms with Crippen LogP contribution in [0.2, 0.25) is 0 Å². The van der Waals surface area contributed by atoms with Crippen molar-refractivity contribution in [3.8, 4) is 5.75 Å². The number of amides is 2. The van der Waals surface area contributed by atoms with Gasteiger partial charge in [0.2, 0.25) is 0 Å². The third-order valence-electron chi connectivity index (χ3n) is 5.34. The zero-order valence-electron chi connectivity index (χ0n) is 17.1. The average molecular weight is 440 g/mol. The molecule has 3 aromatic rings. The molecule has 3 aromatic carbocycles. The molecule has 1 atom stereocenters. The lowest BCUT2D eigenvalue weighted by molar-refractivity contribution is -0.135. The maximum absolute atomic E-state index is 13.9. The van der Waals surface area contributed by atoms with Crippen molar-refractivity contribution in [3.63, 3.8) is 0 Å². The fourth-order valence-electron chi connectivity index (χ4n) is 3.60. The van der Waals surface area contributed by atoms with Gasteiger partial charge in [-0.3, -0.25) is 9.59 Å². The highest BCUT2D eigenvalue weighted by Crippen LogP contribution is 2.31. The third kappa shape index (κ3) is 4.30. The molecular formula is C24H19F3N2O3. The molecule has 4 rings (SSSR count). The topological polar surface area (TPSA) is 58.6 Å². The highest BCUT2D eigenvalue weighted by molar-refractivity contribution is 6.04. The second kappa shape index (κ2) is 8.74. The quantitative estimate of drug-likeness (QED) is 0.632. The van der Waals surface area contributed by atoms with Gasteiger partial charge in [0.25, 0.3) is 11.8 Å². The van der Waals surface area contributed by atoms with Crippen molar-refractivity contribution in [2.24, 2.45) is 0 Å². The Morgan fingerprint density at radius 3 is 2.41 bits per heavy atom. The highest BCUT2D eigenvalue weighted by atomic mass is 19.1. The summed E-state index contributed by atoms with van der Waals surface area (Å²) in [6.45, 7) is 1.82. The molecule has 164 valence electrons. The summed E-state index contributed by atoms with van der Waals surface area (Å²) >= 11 is 0. The summed E-state index contributed by atoms with van der Waals surface area (Å²) < 4.78 is 46.7. The summed E-state index contributed by atoms with van der Waals surface area (Å²) in [4.78, 5) is 26.7. The Kier molecular flexibility index (Phi) is 5.85. The smallest absolute Gasteiger partial charge is 0.261 e. The number of nitrogens with zero attached hydrogens (tertiary/aromatic N) is 1. The molecule has 0 aliphatic carbocycles. The van der Waals surface area contributed by atoms with E-state index in [0.717, 1.165) is 17.7 Å². The number of halogens is 3. The van der Waals surface area contributed by atoms with Gasteiger partial charge in [-0.05, 0) is 55.0 Å². The molecular weight excluding hydrogens is 421 g/mol. The van der Waals surface area contributed by atoms with Gasteiger partial charge >= 0.3 is 0 Å². The lowest BCUT2D eigenvalue weighted by atomic mass is 10.1. The first-order valence-electron chi connectivity index (χ1n) is 9.89. The van der Waals surface area contributed by atoms with Crippen LogP contribution in [0.4, 0.5) is 18.9 Å². The van der Waals surface area contributed by atoms with E-state index in [4.69, 9.17) is 4.74 Å². The van der Waals surface area contributed by atoms with Gasteiger partial charge in [-0.25, -0.2) is 13.2 Å². The zero-order chi connectivity index (χ0) is 22.8. The molecule has 2 amide bonds. The Labute approximate surface area is 182 Å². The van der Waals surface area contributed by atoms with Crippen molar-refractivity contribution in [2.45, 2.75) is 19.5 Å². The first kappa shape index (κ1) is 21.4. The van der Waals surface area contributed by atoms with Crippen molar-refractivity contribution in [1.82, 2.24) is 4.90 Å². The van der Waals surface area contributed by atoms with Crippen LogP contribution in [0.15, 0.2) is 60.7 Å². The molecule has 32 heavy (non-hydrogen) atoms. The van der Waals surface area contributed by atoms with Gasteiger partial charge in [0.15, 0.2) is 6.61 Å². The predicted molar refractivity (Wildman–Crippen MR) is 112 cm³/mol. The van der Waals surface area contributed by atoms with E-state index in [-0.39, 0.29) is 30.9 Å². The average Bonchev–Trinajstić information content (AvgIpc) is 2.92. The molecule has 5 nitrogen and oxygen atoms in total. The van der Waals surface area contributed by atoms with E-state index in [1.165, 1.54) is 24.3 Å². The lowest BCUT2D eigenvalue weighted by Gasteiger charge is -2.28. The Hall–Kier alpha value is -3.81. The summed E-state index contributed by atoms with van der Waals surface area (Å²) in [6.07, 6.45) is 0. The molecule has 0 fully saturated rings. The minimum atomic E-state index is -0.967. The number of hydrogen-bond acceptors (Lipinski definition) is 3. The lowest BCUT2D eigenvalue weighted by Crippen LogP contribution is -2.34. The van der Waals surface area contributed by atoms with E-state index in [0.29, 0.717) is 17.0 Å². The Morgan fingerprint density at radius 2 is 1.72 bits per heavy atom. The maximum atomic E-state index is 13.9. The summed E-state index contributed by atoms with van der Waals surface area (Å²) in [7, 11) is 0. The fourth-order valence-corrected chi connectivity index (χ4v) is 3.60. The van der Waals surface area contributed by atoms with Crippen LogP contribution in [0, 0.1) is 17.5 Å². The summed E-state index contributed by atoms with van der Waals surface area (Å²) in [6, 6.07) is 13.4. The van der Waals surface area contributed by atoms with Crippen LogP contribution >= 0.6 is 0 Å². The molecule has 8 heteroatoms. The SMILES string of the molecule is C[C@@H](c1ccc(F)cc1)N1Cc2cc(NC(=O)c3c(F)cccc3F)ccc2OCC1=O. The summed E-state index contributed by atoms with van der Waals surface area (Å²) in [5.74, 6) is -3.03. The van der Waals surface area contributed by atoms with Crippen molar-refractivity contribution >= 4 is 17.5 Å². The number of carbonyl (C=O) groups is 2. The van der Waals surface area contributed by atoms with Crippen LogP contribution in [0.1, 0.15) is 34.5 Å². The van der Waals surface area contributed by atoms with Gasteiger partial charge < -0.3 is 15.0 Å². The Morgan fingerprint density at radius 1 is 1.03 bits per heavy atom. The van der Waals surface area contributed by atoms with Crippen LogP contribution in [-0.4, -0.2) is 23.3 Å². The van der Waals surface area contributed by atoms with E-state index in [1.54, 1.807) is 29.2 Å². The highest BCUT2D eigenvalue weighted by Gasteiger charge is 2.27. The molecule has 1 heterocycles. The van der Waals surface area contributed by atoms with E-state index in [2.05, 4.69) is 5.32 Å². The molecule has 0 aromatic heterocycles. The summed E-state index contributed by atoms with van der Waals surface area (Å²) in [5.41, 5.74) is 0.975. The summed E-state index contributed by atoms with van der Waals surface area (Å²) in [5, 5.41) is 2.48. The molecule has 1 aliphatic heterocycles. The van der Waals surface area contributed by atoms with E-state index >= 15 is 0 Å². The van der Waals surface area contributed by atoms with Gasteiger partial charge in [-0.15, -0.1) is 0 Å². The van der Waals surface area contributed by atoms with Gasteiger partial charge in [-0.1, -0.05) is 18.2 Å². The van der Waals surface area contributed by atoms with Crippen molar-refractivity contribution in [3.05, 3.63) is 94.8 Å². The van der Waals surface area contributed by atoms with Gasteiger partial charge in [0.1, 0.15) is 28.8 Å². The second-order valence-corrected chi connectivity index (χ2v) is 7.41. The zero-order valence-corrected chi connectivity index (χ0v) is 17.1. The Bertz CT molecular complexity index is 1160. The molecule has 0 unspecified atom stereocenters. The molecule has 0 radical (unpaired) electrons. The van der Waals surface area contributed by atoms with Gasteiger partial charge in [-0.2, -0.15) is 0 Å². The second-order valence-electron chi connectivity index (χ2n) is 7.41. The van der Waals surface area contributed by atoms with Crippen LogP contribution < -0.4 is 10.1 Å². The number of nitrogens with one attached hydrogen (secondary N) is 1. The number of hydrogen-bond donors (Lipinski definition) is 1. The minimum absolute atomic E-state index is 0.171. The van der Waals surface area contributed by atoms with Crippen LogP contribution in [0.3, 0.4) is 0 Å². The monoisotopic (exact) mass is 440 g/mol. The van der Waals surface area contributed by atoms with Crippen LogP contribution in [0.5, 0.6) is 5.75 Å². The van der Waals surface area contributed by atoms with E-state index in [1.807, 2.05) is 6.92 Å². The maximum Gasteiger partial charge on any atom is 0.261 e. The molecule has 0 bridgehead atoms. The molecule has 0 spiro atoms. The van der Waals surface area contributed by atoms with Crippen LogP contribution in [0.25, 0.3) is 0 Å². The first-order chi connectivity index (χ1) is 15.3. The number of fused-ring (bicyclic) bond motifs is 1. The number of ether oxygens (including phenoxy) is 1. The number of carbonyl (C=O) groups excluding carboxylic acids is 2. The molecule has 0 saturated carbocycles. The first-order valence-corrected chi connectivity index (χ1v) is 9.89. The molecule has 0 saturated heterocycles. The number of anilines is 1. The van der Waals surface area contributed by atoms with Crippen LogP contribution in [-0.2, 0) is 11.3 Å². The van der Waals surface area contributed by atoms with Gasteiger partial charge in [0.05, 0.1) is 12.6 Å². The van der Waals surface area contributed by atoms with Crippen molar-refractivity contribution < 1.29 is 27.5 Å². The molecule has 1 aliphatic rings. The normalized spacial score (nSPS) is 14.2. The molecule has 1 N–H and O–H groups in total. The minimum Gasteiger partial charge on any atom is -0.483 e. The van der Waals surface area contributed by atoms with E-state index in [9.17, 15) is 22.8 Å². The fraction of sp³-hybridized carbons (Fsp3) is 0.167. The number of benzene rings is 3. The number of rotatable bonds is 4. The van der Waals surface area contributed by atoms with Crippen molar-refractivity contribution in [2.75, 3.05) is 11.9 Å². The predicted octanol–water partition coefficient (Wildman–Crippen LogP) is 4.84. The Balaban J connectivity index is 1.59. The largest absolute Gasteiger partial charge is 0.483 e.